The molecule has 0 saturated heterocycles. The summed E-state index contributed by atoms with van der Waals surface area (Å²) in [4.78, 5) is 15.3. The largest absolute Gasteiger partial charge is 0.417 e. The van der Waals surface area contributed by atoms with Gasteiger partial charge in [0, 0.05) is 37.9 Å². The van der Waals surface area contributed by atoms with Crippen LogP contribution in [0.4, 0.5) is 24.9 Å². The van der Waals surface area contributed by atoms with E-state index in [4.69, 9.17) is 0 Å². The van der Waals surface area contributed by atoms with E-state index in [0.717, 1.165) is 55.5 Å². The highest BCUT2D eigenvalue weighted by atomic mass is 32.2. The lowest BCUT2D eigenvalue weighted by molar-refractivity contribution is -0.137. The number of anilines is 2. The van der Waals surface area contributed by atoms with Gasteiger partial charge in [0.15, 0.2) is 0 Å². The van der Waals surface area contributed by atoms with Gasteiger partial charge in [-0.15, -0.1) is 34.4 Å². The number of aryl methyl sites for hydroxylation is 1. The summed E-state index contributed by atoms with van der Waals surface area (Å²) < 4.78 is 38.4. The van der Waals surface area contributed by atoms with E-state index in [0.29, 0.717) is 17.4 Å². The second-order valence-corrected chi connectivity index (χ2v) is 10.2. The number of aromatic nitrogens is 3. The van der Waals surface area contributed by atoms with Crippen LogP contribution in [0.25, 0.3) is 0 Å². The molecule has 1 aliphatic rings. The molecule has 0 spiro atoms. The van der Waals surface area contributed by atoms with Gasteiger partial charge in [0.1, 0.15) is 10.8 Å². The molecule has 2 N–H and O–H groups in total. The van der Waals surface area contributed by atoms with Crippen molar-refractivity contribution in [1.29, 1.82) is 0 Å². The molecule has 29 heavy (non-hydrogen) atoms. The first-order chi connectivity index (χ1) is 13.8. The average Bonchev–Trinajstić information content (AvgIpc) is 3.38. The second kappa shape index (κ2) is 8.11. The first kappa shape index (κ1) is 20.4. The Kier molecular flexibility index (Phi) is 5.71. The molecular formula is C18H18F3N5S3. The van der Waals surface area contributed by atoms with Crippen LogP contribution in [0.15, 0.2) is 17.6 Å². The fourth-order valence-corrected chi connectivity index (χ4v) is 5.53. The van der Waals surface area contributed by atoms with Crippen molar-refractivity contribution in [2.45, 2.75) is 44.1 Å². The number of hydrogen-bond donors (Lipinski definition) is 2. The second-order valence-electron chi connectivity index (χ2n) is 6.58. The summed E-state index contributed by atoms with van der Waals surface area (Å²) in [5.74, 6) is 2.00. The highest BCUT2D eigenvalue weighted by Gasteiger charge is 2.31. The lowest BCUT2D eigenvalue weighted by atomic mass is 10.2. The van der Waals surface area contributed by atoms with E-state index in [1.165, 1.54) is 0 Å². The first-order valence-corrected chi connectivity index (χ1v) is 11.6. The standard InChI is InChI=1S/C18H18F3N5S3/c1-9-4-22-14(29-9)6-23-16-13-8-27-10(2)15(13)25-17(26-16)24-5-12-3-11(7-28-12)18(19,20)21/h3-4,7,10H,5-6,8H2,1-2H3,(H2,23,24,25,26). The van der Waals surface area contributed by atoms with Crippen LogP contribution in [-0.2, 0) is 25.0 Å². The third kappa shape index (κ3) is 4.67. The van der Waals surface area contributed by atoms with Gasteiger partial charge in [0.05, 0.1) is 24.3 Å². The van der Waals surface area contributed by atoms with Crippen molar-refractivity contribution in [2.75, 3.05) is 10.6 Å². The summed E-state index contributed by atoms with van der Waals surface area (Å²) in [6.07, 6.45) is -2.48. The van der Waals surface area contributed by atoms with Crippen LogP contribution in [0.2, 0.25) is 0 Å². The zero-order chi connectivity index (χ0) is 20.6. The smallest absolute Gasteiger partial charge is 0.363 e. The van der Waals surface area contributed by atoms with Crippen molar-refractivity contribution in [3.8, 4) is 0 Å². The maximum Gasteiger partial charge on any atom is 0.417 e. The normalized spacial score (nSPS) is 16.1. The molecular weight excluding hydrogens is 439 g/mol. The van der Waals surface area contributed by atoms with Gasteiger partial charge in [0.2, 0.25) is 5.95 Å². The number of rotatable bonds is 6. The van der Waals surface area contributed by atoms with Gasteiger partial charge >= 0.3 is 6.18 Å². The van der Waals surface area contributed by atoms with E-state index < -0.39 is 11.7 Å². The van der Waals surface area contributed by atoms with E-state index in [-0.39, 0.29) is 11.8 Å². The maximum atomic E-state index is 12.8. The third-order valence-corrected chi connectivity index (χ3v) is 7.41. The predicted octanol–water partition coefficient (Wildman–Crippen LogP) is 5.85. The fourth-order valence-electron chi connectivity index (χ4n) is 2.92. The summed E-state index contributed by atoms with van der Waals surface area (Å²) in [5.41, 5.74) is 1.42. The molecule has 3 aromatic rings. The molecule has 3 aromatic heterocycles. The number of nitrogens with zero attached hydrogens (tertiary/aromatic N) is 3. The van der Waals surface area contributed by atoms with Crippen LogP contribution in [-0.4, -0.2) is 15.0 Å². The number of hydrogen-bond acceptors (Lipinski definition) is 8. The first-order valence-electron chi connectivity index (χ1n) is 8.85. The van der Waals surface area contributed by atoms with Crippen LogP contribution in [0.3, 0.4) is 0 Å². The molecule has 11 heteroatoms. The number of thioether (sulfide) groups is 1. The Hall–Kier alpha value is -1.85. The minimum atomic E-state index is -4.32. The monoisotopic (exact) mass is 457 g/mol. The summed E-state index contributed by atoms with van der Waals surface area (Å²) in [6, 6.07) is 1.16. The van der Waals surface area contributed by atoms with Crippen LogP contribution in [0.5, 0.6) is 0 Å². The Labute approximate surface area is 178 Å². The Morgan fingerprint density at radius 2 is 2.03 bits per heavy atom. The summed E-state index contributed by atoms with van der Waals surface area (Å²) >= 11 is 4.49. The zero-order valence-electron chi connectivity index (χ0n) is 15.6. The van der Waals surface area contributed by atoms with Gasteiger partial charge in [-0.05, 0) is 19.9 Å². The minimum Gasteiger partial charge on any atom is -0.363 e. The lowest BCUT2D eigenvalue weighted by Gasteiger charge is -2.13. The van der Waals surface area contributed by atoms with E-state index >= 15 is 0 Å². The fraction of sp³-hybridized carbons (Fsp3) is 0.389. The molecule has 0 aliphatic carbocycles. The molecule has 0 aromatic carbocycles. The Balaban J connectivity index is 1.51. The molecule has 0 bridgehead atoms. The van der Waals surface area contributed by atoms with Crippen molar-refractivity contribution in [3.63, 3.8) is 0 Å². The summed E-state index contributed by atoms with van der Waals surface area (Å²) in [7, 11) is 0. The van der Waals surface area contributed by atoms with Gasteiger partial charge in [-0.3, -0.25) is 0 Å². The molecule has 1 atom stereocenters. The predicted molar refractivity (Wildman–Crippen MR) is 113 cm³/mol. The van der Waals surface area contributed by atoms with Gasteiger partial charge in [0.25, 0.3) is 0 Å². The van der Waals surface area contributed by atoms with Crippen molar-refractivity contribution < 1.29 is 13.2 Å². The molecule has 1 unspecified atom stereocenters. The maximum absolute atomic E-state index is 12.8. The highest BCUT2D eigenvalue weighted by Crippen LogP contribution is 2.43. The molecule has 0 radical (unpaired) electrons. The number of thiazole rings is 1. The van der Waals surface area contributed by atoms with Crippen LogP contribution >= 0.6 is 34.4 Å². The summed E-state index contributed by atoms with van der Waals surface area (Å²) in [6.45, 7) is 4.92. The van der Waals surface area contributed by atoms with Gasteiger partial charge in [-0.25, -0.2) is 9.97 Å². The Morgan fingerprint density at radius 3 is 2.72 bits per heavy atom. The van der Waals surface area contributed by atoms with Crippen molar-refractivity contribution >= 4 is 46.2 Å². The lowest BCUT2D eigenvalue weighted by Crippen LogP contribution is -2.10. The highest BCUT2D eigenvalue weighted by molar-refractivity contribution is 7.99. The molecule has 1 aliphatic heterocycles. The number of fused-ring (bicyclic) bond motifs is 1. The minimum absolute atomic E-state index is 0.242. The quantitative estimate of drug-likeness (QED) is 0.484. The number of nitrogens with one attached hydrogen (secondary N) is 2. The molecule has 154 valence electrons. The van der Waals surface area contributed by atoms with Crippen molar-refractivity contribution in [2.24, 2.45) is 0 Å². The van der Waals surface area contributed by atoms with Crippen molar-refractivity contribution in [1.82, 2.24) is 15.0 Å². The number of alkyl halides is 3. The Morgan fingerprint density at radius 1 is 1.21 bits per heavy atom. The van der Waals surface area contributed by atoms with Gasteiger partial charge in [-0.2, -0.15) is 18.2 Å². The molecule has 4 heterocycles. The van der Waals surface area contributed by atoms with Gasteiger partial charge < -0.3 is 10.6 Å². The SMILES string of the molecule is Cc1cnc(CNc2nc(NCc3cc(C(F)(F)F)cs3)nc3c2CSC3C)s1. The average molecular weight is 458 g/mol. The molecule has 4 rings (SSSR count). The number of halogens is 3. The van der Waals surface area contributed by atoms with Crippen molar-refractivity contribution in [3.05, 3.63) is 49.2 Å². The van der Waals surface area contributed by atoms with E-state index in [9.17, 15) is 13.2 Å². The van der Waals surface area contributed by atoms with Gasteiger partial charge in [-0.1, -0.05) is 0 Å². The van der Waals surface area contributed by atoms with Crippen LogP contribution in [0.1, 0.15) is 43.8 Å². The van der Waals surface area contributed by atoms with E-state index in [2.05, 4.69) is 32.5 Å². The molecule has 0 fully saturated rings. The summed E-state index contributed by atoms with van der Waals surface area (Å²) in [5, 5.41) is 8.78. The molecule has 0 amide bonds. The molecule has 5 nitrogen and oxygen atoms in total. The topological polar surface area (TPSA) is 62.7 Å². The van der Waals surface area contributed by atoms with Crippen LogP contribution < -0.4 is 10.6 Å². The zero-order valence-corrected chi connectivity index (χ0v) is 18.1. The molecule has 0 saturated carbocycles. The number of thiophene rings is 1. The van der Waals surface area contributed by atoms with Crippen LogP contribution in [0, 0.1) is 6.92 Å². The van der Waals surface area contributed by atoms with E-state index in [1.807, 2.05) is 13.1 Å². The van der Waals surface area contributed by atoms with E-state index in [1.54, 1.807) is 23.1 Å². The Bertz CT molecular complexity index is 1010. The third-order valence-electron chi connectivity index (χ3n) is 4.38.